The molecule has 0 bridgehead atoms. The number of aromatic nitrogens is 2. The van der Waals surface area contributed by atoms with Crippen LogP contribution in [-0.2, 0) is 12.8 Å². The molecule has 1 aliphatic rings. The lowest BCUT2D eigenvalue weighted by Crippen LogP contribution is -2.02. The standard InChI is InChI=1S/C17H13FN2S/c18-13-5-6-16-15(9-13)17(20-10-19-16)21-14-7-11-3-1-2-4-12(11)8-14/h1-6,9-10,14H,7-8H2. The third-order valence-corrected chi connectivity index (χ3v) is 5.07. The van der Waals surface area contributed by atoms with Gasteiger partial charge >= 0.3 is 0 Å². The molecule has 0 saturated carbocycles. The molecular weight excluding hydrogens is 283 g/mol. The monoisotopic (exact) mass is 296 g/mol. The van der Waals surface area contributed by atoms with Crippen LogP contribution in [0.5, 0.6) is 0 Å². The summed E-state index contributed by atoms with van der Waals surface area (Å²) in [5, 5.41) is 2.14. The van der Waals surface area contributed by atoms with Crippen molar-refractivity contribution in [2.24, 2.45) is 0 Å². The normalized spacial score (nSPS) is 14.5. The maximum Gasteiger partial charge on any atom is 0.124 e. The molecule has 104 valence electrons. The van der Waals surface area contributed by atoms with Crippen molar-refractivity contribution in [2.45, 2.75) is 23.1 Å². The van der Waals surface area contributed by atoms with Crippen molar-refractivity contribution in [2.75, 3.05) is 0 Å². The number of hydrogen-bond acceptors (Lipinski definition) is 3. The average molecular weight is 296 g/mol. The molecule has 0 saturated heterocycles. The molecule has 1 aliphatic carbocycles. The van der Waals surface area contributed by atoms with Crippen LogP contribution in [0.1, 0.15) is 11.1 Å². The van der Waals surface area contributed by atoms with E-state index in [4.69, 9.17) is 0 Å². The van der Waals surface area contributed by atoms with Crippen LogP contribution in [0.25, 0.3) is 10.9 Å². The van der Waals surface area contributed by atoms with E-state index < -0.39 is 0 Å². The zero-order chi connectivity index (χ0) is 14.2. The van der Waals surface area contributed by atoms with Gasteiger partial charge in [-0.25, -0.2) is 14.4 Å². The summed E-state index contributed by atoms with van der Waals surface area (Å²) in [6, 6.07) is 13.2. The van der Waals surface area contributed by atoms with E-state index in [9.17, 15) is 4.39 Å². The Morgan fingerprint density at radius 2 is 1.76 bits per heavy atom. The first-order valence-corrected chi connectivity index (χ1v) is 7.81. The Morgan fingerprint density at radius 3 is 2.52 bits per heavy atom. The molecule has 0 radical (unpaired) electrons. The van der Waals surface area contributed by atoms with E-state index in [0.29, 0.717) is 5.25 Å². The lowest BCUT2D eigenvalue weighted by molar-refractivity contribution is 0.629. The summed E-state index contributed by atoms with van der Waals surface area (Å²) < 4.78 is 13.5. The maximum absolute atomic E-state index is 13.5. The molecule has 0 fully saturated rings. The Bertz CT molecular complexity index is 794. The predicted molar refractivity (Wildman–Crippen MR) is 83.0 cm³/mol. The van der Waals surface area contributed by atoms with Gasteiger partial charge in [-0.1, -0.05) is 24.3 Å². The highest BCUT2D eigenvalue weighted by atomic mass is 32.2. The fourth-order valence-electron chi connectivity index (χ4n) is 2.86. The first kappa shape index (κ1) is 12.8. The van der Waals surface area contributed by atoms with Crippen LogP contribution in [0.4, 0.5) is 4.39 Å². The summed E-state index contributed by atoms with van der Waals surface area (Å²) >= 11 is 1.73. The Labute approximate surface area is 126 Å². The molecule has 2 aromatic carbocycles. The first-order valence-electron chi connectivity index (χ1n) is 6.93. The molecule has 21 heavy (non-hydrogen) atoms. The highest BCUT2D eigenvalue weighted by Crippen LogP contribution is 2.36. The molecule has 0 aliphatic heterocycles. The minimum absolute atomic E-state index is 0.242. The summed E-state index contributed by atoms with van der Waals surface area (Å²) in [6.07, 6.45) is 3.65. The Kier molecular flexibility index (Phi) is 3.11. The molecule has 4 rings (SSSR count). The second kappa shape index (κ2) is 5.11. The van der Waals surface area contributed by atoms with Crippen LogP contribution in [0, 0.1) is 5.82 Å². The van der Waals surface area contributed by atoms with Crippen LogP contribution < -0.4 is 0 Å². The summed E-state index contributed by atoms with van der Waals surface area (Å²) in [5.41, 5.74) is 3.63. The molecule has 0 N–H and O–H groups in total. The van der Waals surface area contributed by atoms with Crippen LogP contribution in [0.15, 0.2) is 53.8 Å². The minimum atomic E-state index is -0.242. The second-order valence-electron chi connectivity index (χ2n) is 5.26. The molecule has 4 heteroatoms. The number of hydrogen-bond donors (Lipinski definition) is 0. The van der Waals surface area contributed by atoms with E-state index in [0.717, 1.165) is 28.8 Å². The summed E-state index contributed by atoms with van der Waals surface area (Å²) in [6.45, 7) is 0. The van der Waals surface area contributed by atoms with Gasteiger partial charge in [0.1, 0.15) is 17.2 Å². The number of benzene rings is 2. The topological polar surface area (TPSA) is 25.8 Å². The molecule has 1 heterocycles. The van der Waals surface area contributed by atoms with Gasteiger partial charge in [-0.3, -0.25) is 0 Å². The van der Waals surface area contributed by atoms with Crippen molar-refractivity contribution < 1.29 is 4.39 Å². The van der Waals surface area contributed by atoms with Crippen LogP contribution >= 0.6 is 11.8 Å². The van der Waals surface area contributed by atoms with E-state index in [1.54, 1.807) is 24.2 Å². The molecule has 0 spiro atoms. The Hall–Kier alpha value is -1.94. The quantitative estimate of drug-likeness (QED) is 0.668. The first-order chi connectivity index (χ1) is 10.3. The molecule has 0 atom stereocenters. The van der Waals surface area contributed by atoms with Gasteiger partial charge in [-0.2, -0.15) is 0 Å². The smallest absolute Gasteiger partial charge is 0.124 e. The third-order valence-electron chi connectivity index (χ3n) is 3.85. The maximum atomic E-state index is 13.5. The van der Waals surface area contributed by atoms with Crippen molar-refractivity contribution in [3.8, 4) is 0 Å². The van der Waals surface area contributed by atoms with Crippen molar-refractivity contribution in [3.63, 3.8) is 0 Å². The minimum Gasteiger partial charge on any atom is -0.236 e. The van der Waals surface area contributed by atoms with Gasteiger partial charge < -0.3 is 0 Å². The Balaban J connectivity index is 1.66. The fraction of sp³-hybridized carbons (Fsp3) is 0.176. The summed E-state index contributed by atoms with van der Waals surface area (Å²) in [4.78, 5) is 8.57. The van der Waals surface area contributed by atoms with E-state index in [2.05, 4.69) is 34.2 Å². The van der Waals surface area contributed by atoms with Gasteiger partial charge in [0.05, 0.1) is 5.52 Å². The molecular formula is C17H13FN2S. The lowest BCUT2D eigenvalue weighted by Gasteiger charge is -2.10. The number of halogens is 1. The number of rotatable bonds is 2. The van der Waals surface area contributed by atoms with Crippen molar-refractivity contribution in [1.29, 1.82) is 0 Å². The highest BCUT2D eigenvalue weighted by molar-refractivity contribution is 8.00. The lowest BCUT2D eigenvalue weighted by atomic mass is 10.1. The second-order valence-corrected chi connectivity index (χ2v) is 6.55. The van der Waals surface area contributed by atoms with Gasteiger partial charge in [0.15, 0.2) is 0 Å². The van der Waals surface area contributed by atoms with Gasteiger partial charge in [0, 0.05) is 10.6 Å². The predicted octanol–water partition coefficient (Wildman–Crippen LogP) is 4.03. The summed E-state index contributed by atoms with van der Waals surface area (Å²) in [5.74, 6) is -0.242. The van der Waals surface area contributed by atoms with Crippen LogP contribution in [-0.4, -0.2) is 15.2 Å². The van der Waals surface area contributed by atoms with Gasteiger partial charge in [0.2, 0.25) is 0 Å². The zero-order valence-corrected chi connectivity index (χ0v) is 12.1. The van der Waals surface area contributed by atoms with E-state index >= 15 is 0 Å². The molecule has 0 unspecified atom stereocenters. The van der Waals surface area contributed by atoms with Crippen molar-refractivity contribution in [3.05, 3.63) is 65.7 Å². The number of nitrogens with zero attached hydrogens (tertiary/aromatic N) is 2. The van der Waals surface area contributed by atoms with Gasteiger partial charge in [-0.05, 0) is 42.2 Å². The Morgan fingerprint density at radius 1 is 1.00 bits per heavy atom. The summed E-state index contributed by atoms with van der Waals surface area (Å²) in [7, 11) is 0. The van der Waals surface area contributed by atoms with Gasteiger partial charge in [0.25, 0.3) is 0 Å². The van der Waals surface area contributed by atoms with E-state index in [1.807, 2.05) is 0 Å². The van der Waals surface area contributed by atoms with Crippen molar-refractivity contribution >= 4 is 22.7 Å². The molecule has 2 nitrogen and oxygen atoms in total. The van der Waals surface area contributed by atoms with E-state index in [1.165, 1.54) is 23.3 Å². The van der Waals surface area contributed by atoms with Crippen molar-refractivity contribution in [1.82, 2.24) is 9.97 Å². The van der Waals surface area contributed by atoms with Gasteiger partial charge in [-0.15, -0.1) is 11.8 Å². The van der Waals surface area contributed by atoms with Crippen LogP contribution in [0.2, 0.25) is 0 Å². The van der Waals surface area contributed by atoms with E-state index in [-0.39, 0.29) is 5.82 Å². The third kappa shape index (κ3) is 2.40. The number of fused-ring (bicyclic) bond motifs is 2. The average Bonchev–Trinajstić information content (AvgIpc) is 2.90. The molecule has 3 aromatic rings. The zero-order valence-electron chi connectivity index (χ0n) is 11.3. The fourth-order valence-corrected chi connectivity index (χ4v) is 4.10. The largest absolute Gasteiger partial charge is 0.236 e. The molecule has 1 aromatic heterocycles. The highest BCUT2D eigenvalue weighted by Gasteiger charge is 2.23. The number of thioether (sulfide) groups is 1. The van der Waals surface area contributed by atoms with Crippen LogP contribution in [0.3, 0.4) is 0 Å². The molecule has 0 amide bonds. The SMILES string of the molecule is Fc1ccc2ncnc(SC3Cc4ccccc4C3)c2c1.